The number of ether oxygens (including phenoxy) is 1. The standard InChI is InChI=1S/C21H29N6O5/c22-20(23)24-10-4-8-16(13-28)26-19(30)17-9-5-11-27(17)18(29)12-25-21(31)32-14-15-6-2-1-3-7-15/h1-3,6-7,16-17H,4-5,8-12,14H2,(H,25,31)(H,26,30)(H4,22,23,24)/t16-,17-/m0/s1. The number of nitrogens with zero attached hydrogens (tertiary/aromatic N) is 1. The first-order chi connectivity index (χ1) is 15.4. The number of hydrogen-bond donors (Lipinski definition) is 5. The summed E-state index contributed by atoms with van der Waals surface area (Å²) in [5.74, 6) is -1.01. The Bertz CT molecular complexity index is 803. The number of hydrogen-bond acceptors (Lipinski definition) is 6. The lowest BCUT2D eigenvalue weighted by Gasteiger charge is -2.25. The first-order valence-electron chi connectivity index (χ1n) is 10.4. The summed E-state index contributed by atoms with van der Waals surface area (Å²) < 4.78 is 5.07. The molecule has 6 N–H and O–H groups in total. The molecule has 11 heteroatoms. The van der Waals surface area contributed by atoms with Gasteiger partial charge in [0.1, 0.15) is 19.2 Å². The van der Waals surface area contributed by atoms with Gasteiger partial charge in [0.25, 0.3) is 0 Å². The van der Waals surface area contributed by atoms with Crippen LogP contribution in [0.5, 0.6) is 0 Å². The van der Waals surface area contributed by atoms with Gasteiger partial charge in [0.15, 0.2) is 5.96 Å². The van der Waals surface area contributed by atoms with Crippen molar-refractivity contribution in [1.29, 1.82) is 5.41 Å². The first kappa shape index (κ1) is 24.6. The van der Waals surface area contributed by atoms with E-state index in [0.29, 0.717) is 38.8 Å². The van der Waals surface area contributed by atoms with E-state index in [1.54, 1.807) is 6.29 Å². The Morgan fingerprint density at radius 2 is 2.00 bits per heavy atom. The molecule has 1 aliphatic heterocycles. The van der Waals surface area contributed by atoms with Crippen LogP contribution in [0.1, 0.15) is 31.2 Å². The van der Waals surface area contributed by atoms with Crippen molar-refractivity contribution in [3.63, 3.8) is 0 Å². The zero-order chi connectivity index (χ0) is 23.3. The third-order valence-corrected chi connectivity index (χ3v) is 4.92. The summed E-state index contributed by atoms with van der Waals surface area (Å²) in [7, 11) is 0. The molecular weight excluding hydrogens is 416 g/mol. The first-order valence-corrected chi connectivity index (χ1v) is 10.4. The highest BCUT2D eigenvalue weighted by atomic mass is 16.5. The van der Waals surface area contributed by atoms with Crippen LogP contribution in [0, 0.1) is 5.41 Å². The molecule has 0 bridgehead atoms. The fourth-order valence-electron chi connectivity index (χ4n) is 3.32. The van der Waals surface area contributed by atoms with Gasteiger partial charge < -0.3 is 31.3 Å². The highest BCUT2D eigenvalue weighted by Gasteiger charge is 2.34. The largest absolute Gasteiger partial charge is 0.445 e. The average molecular weight is 446 g/mol. The SMILES string of the molecule is N=C(N)NCCC[C@@H]([C]=O)NC(=O)[C@@H]1CCCN1C(=O)CNC(=O)OCc1ccccc1. The number of alkyl carbamates (subject to hydrolysis) is 1. The molecule has 1 aromatic rings. The predicted octanol–water partition coefficient (Wildman–Crippen LogP) is -0.238. The molecule has 0 saturated carbocycles. The van der Waals surface area contributed by atoms with E-state index in [1.807, 2.05) is 30.3 Å². The van der Waals surface area contributed by atoms with Crippen LogP contribution in [0.25, 0.3) is 0 Å². The Hall–Kier alpha value is -3.63. The number of nitrogens with two attached hydrogens (primary N) is 1. The number of likely N-dealkylation sites (tertiary alicyclic amines) is 1. The monoisotopic (exact) mass is 445 g/mol. The molecule has 173 valence electrons. The number of nitrogens with one attached hydrogen (secondary N) is 4. The molecule has 2 atom stereocenters. The second-order valence-corrected chi connectivity index (χ2v) is 7.32. The lowest BCUT2D eigenvalue weighted by atomic mass is 10.1. The Labute approximate surface area is 186 Å². The van der Waals surface area contributed by atoms with Gasteiger partial charge in [-0.2, -0.15) is 0 Å². The van der Waals surface area contributed by atoms with Crippen molar-refractivity contribution < 1.29 is 23.9 Å². The van der Waals surface area contributed by atoms with E-state index in [-0.39, 0.29) is 19.1 Å². The number of rotatable bonds is 11. The Kier molecular flexibility index (Phi) is 9.95. The summed E-state index contributed by atoms with van der Waals surface area (Å²) in [6.45, 7) is 0.567. The highest BCUT2D eigenvalue weighted by molar-refractivity contribution is 5.91. The third kappa shape index (κ3) is 8.25. The van der Waals surface area contributed by atoms with E-state index in [1.165, 1.54) is 4.90 Å². The van der Waals surface area contributed by atoms with Crippen LogP contribution < -0.4 is 21.7 Å². The molecule has 0 unspecified atom stereocenters. The molecule has 1 saturated heterocycles. The predicted molar refractivity (Wildman–Crippen MR) is 116 cm³/mol. The molecule has 2 rings (SSSR count). The van der Waals surface area contributed by atoms with Gasteiger partial charge in [0.05, 0.1) is 6.04 Å². The molecule has 3 amide bonds. The maximum atomic E-state index is 12.6. The molecule has 1 heterocycles. The van der Waals surface area contributed by atoms with Gasteiger partial charge in [-0.3, -0.25) is 19.8 Å². The van der Waals surface area contributed by atoms with Crippen molar-refractivity contribution in [1.82, 2.24) is 20.9 Å². The summed E-state index contributed by atoms with van der Waals surface area (Å²) >= 11 is 0. The number of guanidine groups is 1. The zero-order valence-corrected chi connectivity index (χ0v) is 17.8. The number of carbonyl (C=O) groups excluding carboxylic acids is 4. The van der Waals surface area contributed by atoms with E-state index in [4.69, 9.17) is 15.9 Å². The van der Waals surface area contributed by atoms with E-state index >= 15 is 0 Å². The summed E-state index contributed by atoms with van der Waals surface area (Å²) in [6, 6.07) is 7.61. The van der Waals surface area contributed by atoms with Crippen molar-refractivity contribution in [2.45, 2.75) is 44.4 Å². The lowest BCUT2D eigenvalue weighted by Crippen LogP contribution is -2.51. The molecule has 1 aliphatic rings. The van der Waals surface area contributed by atoms with Crippen LogP contribution in [0.3, 0.4) is 0 Å². The lowest BCUT2D eigenvalue weighted by molar-refractivity contribution is -0.137. The van der Waals surface area contributed by atoms with Crippen molar-refractivity contribution in [3.8, 4) is 0 Å². The molecule has 0 aromatic heterocycles. The van der Waals surface area contributed by atoms with Gasteiger partial charge in [0, 0.05) is 13.1 Å². The van der Waals surface area contributed by atoms with E-state index < -0.39 is 30.0 Å². The van der Waals surface area contributed by atoms with Crippen molar-refractivity contribution >= 4 is 30.2 Å². The van der Waals surface area contributed by atoms with Crippen LogP contribution in [0.4, 0.5) is 4.79 Å². The van der Waals surface area contributed by atoms with Crippen LogP contribution in [0.2, 0.25) is 0 Å². The Morgan fingerprint density at radius 1 is 1.25 bits per heavy atom. The number of amides is 3. The molecule has 1 aromatic carbocycles. The smallest absolute Gasteiger partial charge is 0.407 e. The summed E-state index contributed by atoms with van der Waals surface area (Å²) in [4.78, 5) is 49.5. The summed E-state index contributed by atoms with van der Waals surface area (Å²) in [6.07, 6.45) is 2.99. The van der Waals surface area contributed by atoms with Crippen LogP contribution >= 0.6 is 0 Å². The van der Waals surface area contributed by atoms with Crippen LogP contribution in [-0.4, -0.2) is 66.8 Å². The molecular formula is C21H29N6O5. The maximum Gasteiger partial charge on any atom is 0.407 e. The third-order valence-electron chi connectivity index (χ3n) is 4.92. The van der Waals surface area contributed by atoms with Crippen molar-refractivity contribution in [2.75, 3.05) is 19.6 Å². The van der Waals surface area contributed by atoms with Gasteiger partial charge in [-0.15, -0.1) is 0 Å². The van der Waals surface area contributed by atoms with Crippen molar-refractivity contribution in [3.05, 3.63) is 35.9 Å². The van der Waals surface area contributed by atoms with Gasteiger partial charge in [-0.25, -0.2) is 4.79 Å². The fourth-order valence-corrected chi connectivity index (χ4v) is 3.32. The molecule has 32 heavy (non-hydrogen) atoms. The molecule has 1 radical (unpaired) electrons. The molecule has 11 nitrogen and oxygen atoms in total. The Balaban J connectivity index is 1.76. The van der Waals surface area contributed by atoms with E-state index in [9.17, 15) is 19.2 Å². The summed E-state index contributed by atoms with van der Waals surface area (Å²) in [5, 5.41) is 14.7. The number of benzene rings is 1. The summed E-state index contributed by atoms with van der Waals surface area (Å²) in [5.41, 5.74) is 6.01. The minimum atomic E-state index is -0.820. The van der Waals surface area contributed by atoms with Crippen LogP contribution in [0.15, 0.2) is 30.3 Å². The van der Waals surface area contributed by atoms with Gasteiger partial charge >= 0.3 is 6.09 Å². The van der Waals surface area contributed by atoms with E-state index in [2.05, 4.69) is 16.0 Å². The second-order valence-electron chi connectivity index (χ2n) is 7.32. The Morgan fingerprint density at radius 3 is 2.69 bits per heavy atom. The minimum absolute atomic E-state index is 0.0845. The maximum absolute atomic E-state index is 12.6. The normalized spacial score (nSPS) is 16.0. The van der Waals surface area contributed by atoms with Gasteiger partial charge in [-0.05, 0) is 31.2 Å². The topological polar surface area (TPSA) is 167 Å². The quantitative estimate of drug-likeness (QED) is 0.178. The second kappa shape index (κ2) is 12.9. The average Bonchev–Trinajstić information content (AvgIpc) is 3.28. The van der Waals surface area contributed by atoms with Crippen molar-refractivity contribution in [2.24, 2.45) is 5.73 Å². The highest BCUT2D eigenvalue weighted by Crippen LogP contribution is 2.17. The molecule has 1 fully saturated rings. The molecule has 0 spiro atoms. The number of carbonyl (C=O) groups is 3. The minimum Gasteiger partial charge on any atom is -0.445 e. The molecule has 0 aliphatic carbocycles. The van der Waals surface area contributed by atoms with Gasteiger partial charge in [-0.1, -0.05) is 30.3 Å². The van der Waals surface area contributed by atoms with E-state index in [0.717, 1.165) is 5.56 Å². The van der Waals surface area contributed by atoms with Gasteiger partial charge in [0.2, 0.25) is 18.1 Å². The van der Waals surface area contributed by atoms with Crippen LogP contribution in [-0.2, 0) is 25.7 Å². The zero-order valence-electron chi connectivity index (χ0n) is 17.8. The fraction of sp³-hybridized carbons (Fsp3) is 0.476.